The van der Waals surface area contributed by atoms with E-state index in [1.54, 1.807) is 11.0 Å². The molecule has 1 atom stereocenters. The van der Waals surface area contributed by atoms with Gasteiger partial charge < -0.3 is 9.80 Å². The van der Waals surface area contributed by atoms with Crippen LogP contribution in [0.2, 0.25) is 0 Å². The number of alkyl halides is 1. The Morgan fingerprint density at radius 1 is 1.23 bits per heavy atom. The lowest BCUT2D eigenvalue weighted by molar-refractivity contribution is -0.380. The number of nitrogens with zero attached hydrogens (tertiary/aromatic N) is 3. The topological polar surface area (TPSA) is 49.6 Å². The number of benzene rings is 1. The summed E-state index contributed by atoms with van der Waals surface area (Å²) >= 11 is 1.02. The first kappa shape index (κ1) is 14.8. The summed E-state index contributed by atoms with van der Waals surface area (Å²) in [6.07, 6.45) is 0. The number of thiophene rings is 1. The number of rotatable bonds is 3. The highest BCUT2D eigenvalue weighted by Gasteiger charge is 2.39. The number of hydrogen-bond donors (Lipinski definition) is 0. The van der Waals surface area contributed by atoms with Crippen molar-refractivity contribution in [3.05, 3.63) is 52.6 Å². The van der Waals surface area contributed by atoms with Gasteiger partial charge in [0.1, 0.15) is 5.00 Å². The average molecular weight is 321 g/mol. The molecule has 1 saturated heterocycles. The third-order valence-electron chi connectivity index (χ3n) is 3.78. The van der Waals surface area contributed by atoms with Crippen LogP contribution in [-0.2, 0) is 0 Å². The zero-order chi connectivity index (χ0) is 15.7. The van der Waals surface area contributed by atoms with Gasteiger partial charge in [0.2, 0.25) is 0 Å². The van der Waals surface area contributed by atoms with Crippen molar-refractivity contribution < 1.29 is 9.31 Å². The van der Waals surface area contributed by atoms with Gasteiger partial charge in [-0.15, -0.1) is 0 Å². The highest BCUT2D eigenvalue weighted by atomic mass is 32.1. The van der Waals surface area contributed by atoms with Crippen LogP contribution in [0.4, 0.5) is 20.1 Å². The quantitative estimate of drug-likeness (QED) is 0.492. The van der Waals surface area contributed by atoms with E-state index in [2.05, 4.69) is 0 Å². The van der Waals surface area contributed by atoms with Crippen LogP contribution in [0.25, 0.3) is 0 Å². The molecule has 1 aliphatic rings. The van der Waals surface area contributed by atoms with E-state index in [0.717, 1.165) is 17.0 Å². The standard InChI is InChI=1S/C15H16FN3O2S/c1-15(16)11-17(12-5-3-2-4-6-12)9-10-18(15)13-7-8-14(22-13)19(20)21/h2-8H,9-11H2,1H3. The monoisotopic (exact) mass is 321 g/mol. The van der Waals surface area contributed by atoms with Crippen LogP contribution >= 0.6 is 11.3 Å². The average Bonchev–Trinajstić information content (AvgIpc) is 2.97. The van der Waals surface area contributed by atoms with Gasteiger partial charge in [0.25, 0.3) is 0 Å². The lowest BCUT2D eigenvalue weighted by atomic mass is 10.1. The summed E-state index contributed by atoms with van der Waals surface area (Å²) in [6.45, 7) is 2.91. The molecule has 5 nitrogen and oxygen atoms in total. The first-order valence-corrected chi connectivity index (χ1v) is 7.80. The third-order valence-corrected chi connectivity index (χ3v) is 4.84. The molecule has 1 unspecified atom stereocenters. The van der Waals surface area contributed by atoms with Crippen molar-refractivity contribution in [2.45, 2.75) is 12.7 Å². The van der Waals surface area contributed by atoms with Gasteiger partial charge in [0.05, 0.1) is 11.5 Å². The van der Waals surface area contributed by atoms with Gasteiger partial charge in [-0.1, -0.05) is 18.2 Å². The van der Waals surface area contributed by atoms with Gasteiger partial charge in [0, 0.05) is 24.8 Å². The molecule has 1 aliphatic heterocycles. The SMILES string of the molecule is CC1(F)CN(c2ccccc2)CCN1c1ccc([N+](=O)[O-])s1. The van der Waals surface area contributed by atoms with Gasteiger partial charge in [-0.2, -0.15) is 0 Å². The van der Waals surface area contributed by atoms with Gasteiger partial charge in [-0.3, -0.25) is 10.1 Å². The molecule has 1 aromatic heterocycles. The fraction of sp³-hybridized carbons (Fsp3) is 0.333. The molecular weight excluding hydrogens is 305 g/mol. The Bertz CT molecular complexity index is 674. The maximum atomic E-state index is 15.1. The smallest absolute Gasteiger partial charge is 0.326 e. The fourth-order valence-corrected chi connectivity index (χ4v) is 3.68. The second-order valence-corrected chi connectivity index (χ2v) is 6.46. The van der Waals surface area contributed by atoms with Gasteiger partial charge >= 0.3 is 5.00 Å². The normalized spacial score (nSPS) is 21.9. The Morgan fingerprint density at radius 3 is 2.55 bits per heavy atom. The van der Waals surface area contributed by atoms with Crippen LogP contribution in [0.15, 0.2) is 42.5 Å². The lowest BCUT2D eigenvalue weighted by Crippen LogP contribution is -2.58. The second kappa shape index (κ2) is 5.57. The van der Waals surface area contributed by atoms with Crippen LogP contribution in [0, 0.1) is 10.1 Å². The third kappa shape index (κ3) is 2.76. The molecule has 0 amide bonds. The van der Waals surface area contributed by atoms with Gasteiger partial charge in [-0.25, -0.2) is 4.39 Å². The Kier molecular flexibility index (Phi) is 3.74. The molecule has 1 aromatic carbocycles. The van der Waals surface area contributed by atoms with Crippen LogP contribution in [0.5, 0.6) is 0 Å². The zero-order valence-corrected chi connectivity index (χ0v) is 12.9. The van der Waals surface area contributed by atoms with Crippen molar-refractivity contribution >= 4 is 27.0 Å². The van der Waals surface area contributed by atoms with Crippen molar-refractivity contribution in [3.8, 4) is 0 Å². The highest BCUT2D eigenvalue weighted by molar-refractivity contribution is 7.19. The molecule has 1 fully saturated rings. The first-order valence-electron chi connectivity index (χ1n) is 6.98. The first-order chi connectivity index (χ1) is 10.5. The summed E-state index contributed by atoms with van der Waals surface area (Å²) in [5, 5.41) is 11.4. The molecule has 0 radical (unpaired) electrons. The largest absolute Gasteiger partial charge is 0.365 e. The van der Waals surface area contributed by atoms with Crippen molar-refractivity contribution in [2.24, 2.45) is 0 Å². The molecule has 0 bridgehead atoms. The minimum Gasteiger partial charge on any atom is -0.365 e. The predicted octanol–water partition coefficient (Wildman–Crippen LogP) is 3.67. The summed E-state index contributed by atoms with van der Waals surface area (Å²) in [4.78, 5) is 14.0. The Morgan fingerprint density at radius 2 is 1.95 bits per heavy atom. The minimum atomic E-state index is -1.58. The number of hydrogen-bond acceptors (Lipinski definition) is 5. The number of halogens is 1. The Balaban J connectivity index is 1.80. The summed E-state index contributed by atoms with van der Waals surface area (Å²) in [7, 11) is 0. The molecule has 0 spiro atoms. The van der Waals surface area contributed by atoms with Crippen molar-refractivity contribution in [1.29, 1.82) is 0 Å². The van der Waals surface area contributed by atoms with E-state index in [0.29, 0.717) is 18.1 Å². The Hall–Kier alpha value is -2.15. The van der Waals surface area contributed by atoms with Crippen LogP contribution in [0.1, 0.15) is 6.92 Å². The van der Waals surface area contributed by atoms with E-state index >= 15 is 4.39 Å². The summed E-state index contributed by atoms with van der Waals surface area (Å²) in [5.41, 5.74) is 0.989. The predicted molar refractivity (Wildman–Crippen MR) is 86.5 cm³/mol. The molecule has 0 N–H and O–H groups in total. The maximum Gasteiger partial charge on any atom is 0.326 e. The minimum absolute atomic E-state index is 0.0382. The summed E-state index contributed by atoms with van der Waals surface area (Å²) in [5.74, 6) is -1.58. The van der Waals surface area contributed by atoms with E-state index in [1.807, 2.05) is 35.2 Å². The molecule has 22 heavy (non-hydrogen) atoms. The van der Waals surface area contributed by atoms with Crippen LogP contribution < -0.4 is 9.80 Å². The van der Waals surface area contributed by atoms with E-state index in [1.165, 1.54) is 13.0 Å². The van der Waals surface area contributed by atoms with Gasteiger partial charge in [0.15, 0.2) is 5.79 Å². The molecule has 0 aliphatic carbocycles. The van der Waals surface area contributed by atoms with Crippen molar-refractivity contribution in [1.82, 2.24) is 0 Å². The van der Waals surface area contributed by atoms with E-state index < -0.39 is 10.7 Å². The molecule has 2 aromatic rings. The van der Waals surface area contributed by atoms with Crippen molar-refractivity contribution in [3.63, 3.8) is 0 Å². The number of piperazine rings is 1. The molecule has 3 rings (SSSR count). The molecular formula is C15H16FN3O2S. The fourth-order valence-electron chi connectivity index (χ4n) is 2.73. The Labute approximate surface area is 131 Å². The van der Waals surface area contributed by atoms with E-state index in [4.69, 9.17) is 0 Å². The number of para-hydroxylation sites is 1. The molecule has 2 heterocycles. The maximum absolute atomic E-state index is 15.1. The molecule has 7 heteroatoms. The van der Waals surface area contributed by atoms with Crippen LogP contribution in [0.3, 0.4) is 0 Å². The van der Waals surface area contributed by atoms with Gasteiger partial charge in [-0.05, 0) is 36.5 Å². The van der Waals surface area contributed by atoms with E-state index in [-0.39, 0.29) is 11.5 Å². The number of anilines is 2. The summed E-state index contributed by atoms with van der Waals surface area (Å²) < 4.78 is 15.1. The molecule has 0 saturated carbocycles. The zero-order valence-electron chi connectivity index (χ0n) is 12.1. The second-order valence-electron chi connectivity index (χ2n) is 5.42. The summed E-state index contributed by atoms with van der Waals surface area (Å²) in [6, 6.07) is 12.8. The number of nitro groups is 1. The molecule has 116 valence electrons. The van der Waals surface area contributed by atoms with Crippen molar-refractivity contribution in [2.75, 3.05) is 29.4 Å². The lowest BCUT2D eigenvalue weighted by Gasteiger charge is -2.45. The van der Waals surface area contributed by atoms with E-state index in [9.17, 15) is 10.1 Å². The van der Waals surface area contributed by atoms with Crippen LogP contribution in [-0.4, -0.2) is 30.4 Å². The highest BCUT2D eigenvalue weighted by Crippen LogP contribution is 2.38.